The molecule has 0 aromatic carbocycles. The minimum Gasteiger partial charge on any atom is -0.356 e. The van der Waals surface area contributed by atoms with E-state index in [1.165, 1.54) is 0 Å². The van der Waals surface area contributed by atoms with Crippen LogP contribution in [0.4, 0.5) is 0 Å². The maximum absolute atomic E-state index is 11.5. The summed E-state index contributed by atoms with van der Waals surface area (Å²) in [4.78, 5) is 19.8. The Morgan fingerprint density at radius 1 is 1.19 bits per heavy atom. The molecule has 6 heteroatoms. The van der Waals surface area contributed by atoms with Gasteiger partial charge in [-0.2, -0.15) is 0 Å². The second kappa shape index (κ2) is 10.7. The summed E-state index contributed by atoms with van der Waals surface area (Å²) in [7, 11) is 1.72. The van der Waals surface area contributed by atoms with Gasteiger partial charge in [-0.05, 0) is 18.6 Å². The number of nitrogens with one attached hydrogen (secondary N) is 3. The van der Waals surface area contributed by atoms with Crippen LogP contribution in [-0.4, -0.2) is 43.5 Å². The minimum absolute atomic E-state index is 0.0632. The summed E-state index contributed by atoms with van der Waals surface area (Å²) >= 11 is 0. The molecule has 0 saturated carbocycles. The van der Waals surface area contributed by atoms with Gasteiger partial charge in [0.15, 0.2) is 5.96 Å². The molecule has 0 bridgehead atoms. The van der Waals surface area contributed by atoms with Gasteiger partial charge in [0.05, 0.1) is 0 Å². The summed E-state index contributed by atoms with van der Waals surface area (Å²) in [6.07, 6.45) is 4.02. The summed E-state index contributed by atoms with van der Waals surface area (Å²) in [6.45, 7) is 4.08. The quantitative estimate of drug-likeness (QED) is 0.487. The van der Waals surface area contributed by atoms with Crippen molar-refractivity contribution >= 4 is 11.9 Å². The third-order valence-electron chi connectivity index (χ3n) is 2.84. The van der Waals surface area contributed by atoms with Crippen LogP contribution in [0.15, 0.2) is 29.4 Å². The number of rotatable bonds is 8. The van der Waals surface area contributed by atoms with Crippen LogP contribution in [0.1, 0.15) is 25.5 Å². The molecule has 0 aliphatic rings. The molecule has 116 valence electrons. The average molecular weight is 291 g/mol. The average Bonchev–Trinajstić information content (AvgIpc) is 2.52. The van der Waals surface area contributed by atoms with Gasteiger partial charge in [0.1, 0.15) is 0 Å². The number of hydrogen-bond acceptors (Lipinski definition) is 3. The largest absolute Gasteiger partial charge is 0.356 e. The topological polar surface area (TPSA) is 78.4 Å². The molecule has 6 nitrogen and oxygen atoms in total. The number of nitrogens with zero attached hydrogens (tertiary/aromatic N) is 2. The fourth-order valence-corrected chi connectivity index (χ4v) is 1.72. The maximum Gasteiger partial charge on any atom is 0.221 e. The Balaban J connectivity index is 2.16. The number of aliphatic imine (C=N–C) groups is 1. The zero-order chi connectivity index (χ0) is 15.3. The Hall–Kier alpha value is -2.11. The van der Waals surface area contributed by atoms with Crippen molar-refractivity contribution in [1.82, 2.24) is 20.9 Å². The molecule has 1 amide bonds. The number of aromatic nitrogens is 1. The van der Waals surface area contributed by atoms with Gasteiger partial charge in [-0.1, -0.05) is 13.0 Å². The molecule has 0 aliphatic heterocycles. The van der Waals surface area contributed by atoms with Crippen molar-refractivity contribution in [1.29, 1.82) is 0 Å². The lowest BCUT2D eigenvalue weighted by molar-refractivity contribution is -0.120. The Morgan fingerprint density at radius 2 is 2.00 bits per heavy atom. The van der Waals surface area contributed by atoms with E-state index >= 15 is 0 Å². The molecule has 1 heterocycles. The molecule has 0 atom stereocenters. The van der Waals surface area contributed by atoms with E-state index in [0.717, 1.165) is 31.6 Å². The molecule has 0 radical (unpaired) electrons. The summed E-state index contributed by atoms with van der Waals surface area (Å²) in [5.74, 6) is 0.766. The first-order valence-corrected chi connectivity index (χ1v) is 7.37. The first-order chi connectivity index (χ1) is 10.3. The molecule has 3 N–H and O–H groups in total. The third kappa shape index (κ3) is 7.91. The Kier molecular flexibility index (Phi) is 8.59. The summed E-state index contributed by atoms with van der Waals surface area (Å²) < 4.78 is 0. The molecule has 1 aromatic heterocycles. The van der Waals surface area contributed by atoms with Crippen molar-refractivity contribution in [3.05, 3.63) is 30.1 Å². The second-order valence-electron chi connectivity index (χ2n) is 4.60. The zero-order valence-corrected chi connectivity index (χ0v) is 12.9. The maximum atomic E-state index is 11.5. The fourth-order valence-electron chi connectivity index (χ4n) is 1.72. The summed E-state index contributed by atoms with van der Waals surface area (Å²) in [6, 6.07) is 5.88. The van der Waals surface area contributed by atoms with Crippen molar-refractivity contribution in [2.75, 3.05) is 26.7 Å². The lowest BCUT2D eigenvalue weighted by Gasteiger charge is -2.11. The number of amides is 1. The molecule has 21 heavy (non-hydrogen) atoms. The highest BCUT2D eigenvalue weighted by atomic mass is 16.1. The molecule has 1 rings (SSSR count). The van der Waals surface area contributed by atoms with E-state index in [2.05, 4.69) is 25.9 Å². The molecule has 0 aliphatic carbocycles. The third-order valence-corrected chi connectivity index (χ3v) is 2.84. The smallest absolute Gasteiger partial charge is 0.221 e. The van der Waals surface area contributed by atoms with Gasteiger partial charge in [0, 0.05) is 51.4 Å². The Bertz CT molecular complexity index is 433. The molecular formula is C15H25N5O. The fraction of sp³-hybridized carbons (Fsp3) is 0.533. The van der Waals surface area contributed by atoms with Gasteiger partial charge in [-0.15, -0.1) is 0 Å². The van der Waals surface area contributed by atoms with Crippen LogP contribution in [0, 0.1) is 0 Å². The zero-order valence-electron chi connectivity index (χ0n) is 12.9. The predicted octanol–water partition coefficient (Wildman–Crippen LogP) is 0.705. The summed E-state index contributed by atoms with van der Waals surface area (Å²) in [5, 5.41) is 9.16. The first-order valence-electron chi connectivity index (χ1n) is 7.37. The number of guanidine groups is 1. The second-order valence-corrected chi connectivity index (χ2v) is 4.60. The van der Waals surface area contributed by atoms with Crippen molar-refractivity contribution in [2.45, 2.75) is 26.2 Å². The van der Waals surface area contributed by atoms with Gasteiger partial charge in [0.25, 0.3) is 0 Å². The molecule has 0 spiro atoms. The highest BCUT2D eigenvalue weighted by molar-refractivity contribution is 5.81. The van der Waals surface area contributed by atoms with Gasteiger partial charge < -0.3 is 16.0 Å². The lowest BCUT2D eigenvalue weighted by atomic mass is 10.3. The number of carbonyl (C=O) groups is 1. The molecule has 0 saturated heterocycles. The Labute approximate surface area is 126 Å². The van der Waals surface area contributed by atoms with Crippen molar-refractivity contribution < 1.29 is 4.79 Å². The highest BCUT2D eigenvalue weighted by Crippen LogP contribution is 1.92. The van der Waals surface area contributed by atoms with E-state index in [9.17, 15) is 4.79 Å². The van der Waals surface area contributed by atoms with Crippen LogP contribution in [0.5, 0.6) is 0 Å². The van der Waals surface area contributed by atoms with Crippen LogP contribution < -0.4 is 16.0 Å². The normalized spacial score (nSPS) is 11.0. The van der Waals surface area contributed by atoms with Gasteiger partial charge >= 0.3 is 0 Å². The van der Waals surface area contributed by atoms with E-state index in [0.29, 0.717) is 18.9 Å². The van der Waals surface area contributed by atoms with Crippen LogP contribution >= 0.6 is 0 Å². The van der Waals surface area contributed by atoms with Crippen LogP contribution in [0.2, 0.25) is 0 Å². The number of hydrogen-bond donors (Lipinski definition) is 3. The minimum atomic E-state index is 0.0632. The molecule has 1 aromatic rings. The Morgan fingerprint density at radius 3 is 2.67 bits per heavy atom. The van der Waals surface area contributed by atoms with Gasteiger partial charge in [0.2, 0.25) is 5.91 Å². The molecular weight excluding hydrogens is 266 g/mol. The van der Waals surface area contributed by atoms with E-state index in [1.54, 1.807) is 13.2 Å². The van der Waals surface area contributed by atoms with Crippen LogP contribution in [-0.2, 0) is 11.2 Å². The van der Waals surface area contributed by atoms with E-state index in [4.69, 9.17) is 0 Å². The first kappa shape index (κ1) is 16.9. The summed E-state index contributed by atoms with van der Waals surface area (Å²) in [5.41, 5.74) is 1.04. The van der Waals surface area contributed by atoms with Crippen LogP contribution in [0.25, 0.3) is 0 Å². The van der Waals surface area contributed by atoms with Crippen molar-refractivity contribution in [2.24, 2.45) is 4.99 Å². The SMILES string of the molecule is CCCNC(=O)CCNC(=NC)NCCc1ccccn1. The van der Waals surface area contributed by atoms with E-state index < -0.39 is 0 Å². The highest BCUT2D eigenvalue weighted by Gasteiger charge is 2.01. The van der Waals surface area contributed by atoms with Crippen molar-refractivity contribution in [3.63, 3.8) is 0 Å². The molecule has 0 unspecified atom stereocenters. The van der Waals surface area contributed by atoms with E-state index in [1.807, 2.05) is 25.1 Å². The predicted molar refractivity (Wildman–Crippen MR) is 85.2 cm³/mol. The standard InChI is InChI=1S/C15H25N5O/c1-3-9-18-14(21)8-12-20-15(16-2)19-11-7-13-6-4-5-10-17-13/h4-6,10H,3,7-9,11-12H2,1-2H3,(H,18,21)(H2,16,19,20). The van der Waals surface area contributed by atoms with Crippen molar-refractivity contribution in [3.8, 4) is 0 Å². The number of carbonyl (C=O) groups excluding carboxylic acids is 1. The van der Waals surface area contributed by atoms with Gasteiger partial charge in [-0.3, -0.25) is 14.8 Å². The van der Waals surface area contributed by atoms with Gasteiger partial charge in [-0.25, -0.2) is 0 Å². The molecule has 0 fully saturated rings. The van der Waals surface area contributed by atoms with E-state index in [-0.39, 0.29) is 5.91 Å². The van der Waals surface area contributed by atoms with Crippen LogP contribution in [0.3, 0.4) is 0 Å². The monoisotopic (exact) mass is 291 g/mol. The lowest BCUT2D eigenvalue weighted by Crippen LogP contribution is -2.40. The number of pyridine rings is 1.